The van der Waals surface area contributed by atoms with E-state index >= 15 is 0 Å². The highest BCUT2D eigenvalue weighted by molar-refractivity contribution is 7.90. The van der Waals surface area contributed by atoms with Crippen molar-refractivity contribution < 1.29 is 17.3 Å². The predicted octanol–water partition coefficient (Wildman–Crippen LogP) is 1.31. The Labute approximate surface area is 115 Å². The van der Waals surface area contributed by atoms with Crippen LogP contribution >= 0.6 is 0 Å². The molecule has 2 rings (SSSR count). The quantitative estimate of drug-likeness (QED) is 0.893. The van der Waals surface area contributed by atoms with Crippen LogP contribution in [-0.4, -0.2) is 30.6 Å². The lowest BCUT2D eigenvalue weighted by Gasteiger charge is -2.04. The SMILES string of the molecule is CS(=O)(=O)CC[C@H](N)c1nc(-c2ccccc2F)no1. The van der Waals surface area contributed by atoms with Crippen LogP contribution in [0.4, 0.5) is 4.39 Å². The Bertz CT molecular complexity index is 699. The van der Waals surface area contributed by atoms with Crippen molar-refractivity contribution in [1.29, 1.82) is 0 Å². The van der Waals surface area contributed by atoms with Gasteiger partial charge in [0.15, 0.2) is 0 Å². The molecule has 0 saturated heterocycles. The Morgan fingerprint density at radius 3 is 2.75 bits per heavy atom. The molecular formula is C12H14FN3O3S. The van der Waals surface area contributed by atoms with Crippen molar-refractivity contribution in [2.45, 2.75) is 12.5 Å². The molecule has 20 heavy (non-hydrogen) atoms. The van der Waals surface area contributed by atoms with Crippen LogP contribution in [0.15, 0.2) is 28.8 Å². The summed E-state index contributed by atoms with van der Waals surface area (Å²) in [7, 11) is -3.11. The second-order valence-electron chi connectivity index (χ2n) is 4.46. The Balaban J connectivity index is 2.15. The third-order valence-electron chi connectivity index (χ3n) is 2.67. The van der Waals surface area contributed by atoms with E-state index in [9.17, 15) is 12.8 Å². The number of rotatable bonds is 5. The van der Waals surface area contributed by atoms with E-state index in [1.54, 1.807) is 12.1 Å². The number of nitrogens with two attached hydrogens (primary N) is 1. The van der Waals surface area contributed by atoms with Gasteiger partial charge in [-0.05, 0) is 18.6 Å². The Morgan fingerprint density at radius 2 is 2.10 bits per heavy atom. The minimum atomic E-state index is -3.11. The van der Waals surface area contributed by atoms with E-state index in [2.05, 4.69) is 10.1 Å². The summed E-state index contributed by atoms with van der Waals surface area (Å²) in [5.41, 5.74) is 5.98. The van der Waals surface area contributed by atoms with Crippen LogP contribution in [0.25, 0.3) is 11.4 Å². The van der Waals surface area contributed by atoms with E-state index in [-0.39, 0.29) is 29.5 Å². The van der Waals surface area contributed by atoms with Gasteiger partial charge in [-0.25, -0.2) is 12.8 Å². The summed E-state index contributed by atoms with van der Waals surface area (Å²) < 4.78 is 40.6. The van der Waals surface area contributed by atoms with Gasteiger partial charge in [0.25, 0.3) is 0 Å². The fourth-order valence-electron chi connectivity index (χ4n) is 1.60. The van der Waals surface area contributed by atoms with Gasteiger partial charge in [0.2, 0.25) is 11.7 Å². The number of halogens is 1. The molecule has 0 saturated carbocycles. The highest BCUT2D eigenvalue weighted by Crippen LogP contribution is 2.21. The molecule has 0 bridgehead atoms. The van der Waals surface area contributed by atoms with Crippen LogP contribution in [0.2, 0.25) is 0 Å². The van der Waals surface area contributed by atoms with Gasteiger partial charge in [0, 0.05) is 6.26 Å². The first-order chi connectivity index (χ1) is 9.37. The van der Waals surface area contributed by atoms with E-state index < -0.39 is 21.7 Å². The first kappa shape index (κ1) is 14.6. The van der Waals surface area contributed by atoms with Crippen molar-refractivity contribution in [3.8, 4) is 11.4 Å². The van der Waals surface area contributed by atoms with Gasteiger partial charge in [0.1, 0.15) is 15.7 Å². The van der Waals surface area contributed by atoms with E-state index in [0.717, 1.165) is 6.26 Å². The molecule has 1 aromatic heterocycles. The van der Waals surface area contributed by atoms with E-state index in [4.69, 9.17) is 10.3 Å². The van der Waals surface area contributed by atoms with Crippen LogP contribution in [-0.2, 0) is 9.84 Å². The summed E-state index contributed by atoms with van der Waals surface area (Å²) in [6, 6.07) is 5.31. The van der Waals surface area contributed by atoms with Crippen molar-refractivity contribution in [3.05, 3.63) is 36.0 Å². The number of sulfone groups is 1. The maximum absolute atomic E-state index is 13.6. The number of hydrogen-bond acceptors (Lipinski definition) is 6. The molecule has 0 aliphatic carbocycles. The topological polar surface area (TPSA) is 99.1 Å². The Hall–Kier alpha value is -1.80. The molecule has 108 valence electrons. The van der Waals surface area contributed by atoms with Gasteiger partial charge < -0.3 is 10.3 Å². The molecule has 2 N–H and O–H groups in total. The predicted molar refractivity (Wildman–Crippen MR) is 70.9 cm³/mol. The van der Waals surface area contributed by atoms with Crippen LogP contribution in [0.3, 0.4) is 0 Å². The normalized spacial score (nSPS) is 13.3. The zero-order valence-electron chi connectivity index (χ0n) is 10.8. The summed E-state index contributed by atoms with van der Waals surface area (Å²) in [5, 5.41) is 3.66. The first-order valence-corrected chi connectivity index (χ1v) is 7.94. The molecule has 0 radical (unpaired) electrons. The summed E-state index contributed by atoms with van der Waals surface area (Å²) >= 11 is 0. The average molecular weight is 299 g/mol. The van der Waals surface area contributed by atoms with Crippen molar-refractivity contribution in [2.24, 2.45) is 5.73 Å². The number of nitrogens with zero attached hydrogens (tertiary/aromatic N) is 2. The van der Waals surface area contributed by atoms with E-state index in [1.807, 2.05) is 0 Å². The molecule has 8 heteroatoms. The van der Waals surface area contributed by atoms with Crippen molar-refractivity contribution in [1.82, 2.24) is 10.1 Å². The highest BCUT2D eigenvalue weighted by Gasteiger charge is 2.18. The molecule has 1 atom stereocenters. The molecule has 1 aromatic carbocycles. The Kier molecular flexibility index (Phi) is 4.15. The molecule has 6 nitrogen and oxygen atoms in total. The maximum Gasteiger partial charge on any atom is 0.243 e. The molecule has 0 aliphatic rings. The fourth-order valence-corrected chi connectivity index (χ4v) is 2.28. The molecule has 0 amide bonds. The van der Waals surface area contributed by atoms with Crippen LogP contribution in [0.1, 0.15) is 18.4 Å². The summed E-state index contributed by atoms with van der Waals surface area (Å²) in [4.78, 5) is 4.00. The average Bonchev–Trinajstić information content (AvgIpc) is 2.85. The molecule has 0 unspecified atom stereocenters. The van der Waals surface area contributed by atoms with E-state index in [1.165, 1.54) is 12.1 Å². The van der Waals surface area contributed by atoms with Gasteiger partial charge in [-0.1, -0.05) is 17.3 Å². The summed E-state index contributed by atoms with van der Waals surface area (Å²) in [5.74, 6) is -0.365. The standard InChI is InChI=1S/C12H14FN3O3S/c1-20(17,18)7-6-10(14)12-15-11(16-19-12)8-4-2-3-5-9(8)13/h2-5,10H,6-7,14H2,1H3/t10-/m0/s1. The zero-order chi connectivity index (χ0) is 14.8. The monoisotopic (exact) mass is 299 g/mol. The smallest absolute Gasteiger partial charge is 0.243 e. The maximum atomic E-state index is 13.6. The van der Waals surface area contributed by atoms with Gasteiger partial charge in [-0.15, -0.1) is 0 Å². The van der Waals surface area contributed by atoms with Crippen molar-refractivity contribution >= 4 is 9.84 Å². The van der Waals surface area contributed by atoms with Crippen molar-refractivity contribution in [2.75, 3.05) is 12.0 Å². The van der Waals surface area contributed by atoms with Gasteiger partial charge in [-0.3, -0.25) is 0 Å². The lowest BCUT2D eigenvalue weighted by atomic mass is 10.2. The van der Waals surface area contributed by atoms with E-state index in [0.29, 0.717) is 0 Å². The Morgan fingerprint density at radius 1 is 1.40 bits per heavy atom. The first-order valence-electron chi connectivity index (χ1n) is 5.88. The minimum Gasteiger partial charge on any atom is -0.337 e. The minimum absolute atomic E-state index is 0.0778. The molecular weight excluding hydrogens is 285 g/mol. The number of benzene rings is 1. The van der Waals surface area contributed by atoms with Crippen LogP contribution in [0.5, 0.6) is 0 Å². The van der Waals surface area contributed by atoms with Crippen LogP contribution < -0.4 is 5.73 Å². The molecule has 2 aromatic rings. The van der Waals surface area contributed by atoms with Gasteiger partial charge >= 0.3 is 0 Å². The molecule has 0 aliphatic heterocycles. The zero-order valence-corrected chi connectivity index (χ0v) is 11.6. The second-order valence-corrected chi connectivity index (χ2v) is 6.72. The van der Waals surface area contributed by atoms with Gasteiger partial charge in [-0.2, -0.15) is 4.98 Å². The second kappa shape index (κ2) is 5.68. The largest absolute Gasteiger partial charge is 0.337 e. The fraction of sp³-hybridized carbons (Fsp3) is 0.333. The molecule has 0 spiro atoms. The number of hydrogen-bond donors (Lipinski definition) is 1. The van der Waals surface area contributed by atoms with Crippen LogP contribution in [0, 0.1) is 5.82 Å². The molecule has 0 fully saturated rings. The lowest BCUT2D eigenvalue weighted by molar-refractivity contribution is 0.352. The third kappa shape index (κ3) is 3.61. The van der Waals surface area contributed by atoms with Gasteiger partial charge in [0.05, 0.1) is 17.4 Å². The number of aromatic nitrogens is 2. The summed E-state index contributed by atoms with van der Waals surface area (Å²) in [6.45, 7) is 0. The van der Waals surface area contributed by atoms with Crippen molar-refractivity contribution in [3.63, 3.8) is 0 Å². The lowest BCUT2D eigenvalue weighted by Crippen LogP contribution is -2.16. The third-order valence-corrected chi connectivity index (χ3v) is 3.65. The molecule has 1 heterocycles. The summed E-state index contributed by atoms with van der Waals surface area (Å²) in [6.07, 6.45) is 1.29. The highest BCUT2D eigenvalue weighted by atomic mass is 32.2.